The Balaban J connectivity index is 1.61. The smallest absolute Gasteiger partial charge is 0.332 e. The van der Waals surface area contributed by atoms with Crippen LogP contribution in [0.3, 0.4) is 0 Å². The lowest BCUT2D eigenvalue weighted by Crippen LogP contribution is -2.56. The molecule has 4 rings (SSSR count). The molecule has 0 spiro atoms. The highest BCUT2D eigenvalue weighted by atomic mass is 16.5. The average Bonchev–Trinajstić information content (AvgIpc) is 3.12. The van der Waals surface area contributed by atoms with Gasteiger partial charge >= 0.3 is 12.0 Å². The predicted octanol–water partition coefficient (Wildman–Crippen LogP) is 5.26. The first kappa shape index (κ1) is 23.6. The third-order valence-corrected chi connectivity index (χ3v) is 10.5. The second-order valence-electron chi connectivity index (χ2n) is 11.8. The fraction of sp³-hybridized carbons (Fsp3) is 0.885. The van der Waals surface area contributed by atoms with E-state index in [1.54, 1.807) is 0 Å². The largest absolute Gasteiger partial charge is 0.469 e. The zero-order chi connectivity index (χ0) is 23.1. The molecule has 0 radical (unpaired) electrons. The van der Waals surface area contributed by atoms with Crippen molar-refractivity contribution in [3.8, 4) is 0 Å². The van der Waals surface area contributed by atoms with Gasteiger partial charge in [0.2, 0.25) is 0 Å². The summed E-state index contributed by atoms with van der Waals surface area (Å²) in [6.07, 6.45) is 12.7. The van der Waals surface area contributed by atoms with Crippen LogP contribution in [0.5, 0.6) is 0 Å². The van der Waals surface area contributed by atoms with Crippen molar-refractivity contribution in [1.82, 2.24) is 5.43 Å². The zero-order valence-electron chi connectivity index (χ0n) is 20.5. The van der Waals surface area contributed by atoms with Crippen molar-refractivity contribution in [1.29, 1.82) is 0 Å². The van der Waals surface area contributed by atoms with Gasteiger partial charge in [0, 0.05) is 18.1 Å². The molecule has 0 saturated heterocycles. The Kier molecular flexibility index (Phi) is 6.61. The van der Waals surface area contributed by atoms with Gasteiger partial charge in [0.05, 0.1) is 7.11 Å². The summed E-state index contributed by atoms with van der Waals surface area (Å²) < 4.78 is 4.89. The Morgan fingerprint density at radius 2 is 1.88 bits per heavy atom. The highest BCUT2D eigenvalue weighted by Crippen LogP contribution is 2.67. The van der Waals surface area contributed by atoms with Crippen LogP contribution in [0, 0.1) is 46.3 Å². The van der Waals surface area contributed by atoms with E-state index in [-0.39, 0.29) is 11.4 Å². The number of hydrogen-bond donors (Lipinski definition) is 2. The third-order valence-electron chi connectivity index (χ3n) is 10.5. The molecule has 0 bridgehead atoms. The van der Waals surface area contributed by atoms with Crippen LogP contribution in [0.4, 0.5) is 4.79 Å². The number of primary amides is 1. The van der Waals surface area contributed by atoms with Gasteiger partial charge in [-0.3, -0.25) is 4.79 Å². The molecule has 3 N–H and O–H groups in total. The first-order chi connectivity index (χ1) is 15.2. The van der Waals surface area contributed by atoms with E-state index in [4.69, 9.17) is 10.5 Å². The molecule has 0 aliphatic heterocycles. The highest BCUT2D eigenvalue weighted by molar-refractivity contribution is 5.90. The molecule has 0 aromatic heterocycles. The lowest BCUT2D eigenvalue weighted by Gasteiger charge is -2.61. The lowest BCUT2D eigenvalue weighted by molar-refractivity contribution is -0.141. The summed E-state index contributed by atoms with van der Waals surface area (Å²) >= 11 is 0. The van der Waals surface area contributed by atoms with E-state index in [2.05, 4.69) is 31.3 Å². The number of esters is 1. The van der Waals surface area contributed by atoms with E-state index in [1.807, 2.05) is 0 Å². The van der Waals surface area contributed by atoms with Crippen LogP contribution in [0.25, 0.3) is 0 Å². The van der Waals surface area contributed by atoms with Crippen LogP contribution in [-0.2, 0) is 9.53 Å². The molecular weight excluding hydrogens is 402 g/mol. The van der Waals surface area contributed by atoms with Gasteiger partial charge in [-0.15, -0.1) is 0 Å². The second kappa shape index (κ2) is 8.98. The van der Waals surface area contributed by atoms with Gasteiger partial charge < -0.3 is 10.5 Å². The van der Waals surface area contributed by atoms with Crippen LogP contribution in [0.1, 0.15) is 91.4 Å². The van der Waals surface area contributed by atoms with Crippen LogP contribution in [0.15, 0.2) is 5.10 Å². The Labute approximate surface area is 193 Å². The van der Waals surface area contributed by atoms with E-state index in [9.17, 15) is 9.59 Å². The number of nitrogens with one attached hydrogen (secondary N) is 1. The van der Waals surface area contributed by atoms with Crippen LogP contribution in [0.2, 0.25) is 0 Å². The maximum atomic E-state index is 11.7. The van der Waals surface area contributed by atoms with E-state index in [0.717, 1.165) is 12.8 Å². The topological polar surface area (TPSA) is 93.8 Å². The highest BCUT2D eigenvalue weighted by Gasteiger charge is 2.62. The lowest BCUT2D eigenvalue weighted by atomic mass is 9.44. The number of ether oxygens (including phenoxy) is 1. The Morgan fingerprint density at radius 1 is 1.12 bits per heavy atom. The number of hydrogen-bond acceptors (Lipinski definition) is 4. The molecule has 4 aliphatic rings. The van der Waals surface area contributed by atoms with Crippen molar-refractivity contribution in [2.45, 2.75) is 91.4 Å². The first-order valence-corrected chi connectivity index (χ1v) is 12.9. The fourth-order valence-electron chi connectivity index (χ4n) is 8.86. The van der Waals surface area contributed by atoms with Crippen molar-refractivity contribution >= 4 is 17.7 Å². The van der Waals surface area contributed by atoms with E-state index >= 15 is 0 Å². The van der Waals surface area contributed by atoms with Crippen molar-refractivity contribution in [3.63, 3.8) is 0 Å². The van der Waals surface area contributed by atoms with Gasteiger partial charge in [-0.2, -0.15) is 5.10 Å². The number of fused-ring (bicyclic) bond motifs is 5. The van der Waals surface area contributed by atoms with E-state index < -0.39 is 6.03 Å². The molecule has 8 atom stereocenters. The number of urea groups is 1. The molecule has 32 heavy (non-hydrogen) atoms. The normalized spacial score (nSPS) is 43.0. The molecule has 0 aromatic rings. The van der Waals surface area contributed by atoms with Gasteiger partial charge in [0.25, 0.3) is 0 Å². The van der Waals surface area contributed by atoms with Gasteiger partial charge in [0.15, 0.2) is 0 Å². The molecule has 180 valence electrons. The van der Waals surface area contributed by atoms with Gasteiger partial charge in [-0.1, -0.05) is 33.6 Å². The maximum Gasteiger partial charge on any atom is 0.332 e. The summed E-state index contributed by atoms with van der Waals surface area (Å²) in [6.45, 7) is 7.39. The summed E-state index contributed by atoms with van der Waals surface area (Å²) in [5.41, 5.74) is 9.87. The molecule has 0 heterocycles. The van der Waals surface area contributed by atoms with Crippen molar-refractivity contribution in [2.24, 2.45) is 57.2 Å². The molecule has 6 heteroatoms. The fourth-order valence-corrected chi connectivity index (χ4v) is 8.86. The number of nitrogens with two attached hydrogens (primary N) is 1. The molecule has 4 aliphatic carbocycles. The molecular formula is C26H43N3O3. The monoisotopic (exact) mass is 445 g/mol. The van der Waals surface area contributed by atoms with Crippen LogP contribution >= 0.6 is 0 Å². The SMILES string of the molecule is COC(=O)CC[C@H](C)[C@H]1CC[C@@H]2[C@@H]3/C(=N\NC(N)=O)C[C@@H]4CCCC[C@]4(C)[C@H]3CC[C@@]21C. The van der Waals surface area contributed by atoms with Crippen molar-refractivity contribution < 1.29 is 14.3 Å². The molecule has 0 aromatic carbocycles. The predicted molar refractivity (Wildman–Crippen MR) is 126 cm³/mol. The average molecular weight is 446 g/mol. The standard InChI is InChI=1S/C26H43N3O3/c1-16(8-11-22(30)32-4)18-9-10-19-23-20(12-14-26(18,19)3)25(2)13-6-5-7-17(25)15-21(23)28-29-24(27)31/h16-20,23H,5-15H2,1-4H3,(H3,27,29,31)/b28-21-/t16-,17-,18+,19+,20-,23-,25-,26+/m0/s1. The summed E-state index contributed by atoms with van der Waals surface area (Å²) in [5, 5.41) is 4.65. The molecule has 0 unspecified atom stereocenters. The van der Waals surface area contributed by atoms with Crippen LogP contribution < -0.4 is 11.2 Å². The number of carbonyl (C=O) groups excluding carboxylic acids is 2. The Bertz CT molecular complexity index is 767. The maximum absolute atomic E-state index is 11.7. The number of amides is 2. The third kappa shape index (κ3) is 3.96. The number of rotatable bonds is 5. The molecule has 2 amide bonds. The number of hydrazone groups is 1. The van der Waals surface area contributed by atoms with E-state index in [0.29, 0.717) is 47.3 Å². The Morgan fingerprint density at radius 3 is 2.59 bits per heavy atom. The molecule has 4 fully saturated rings. The number of carbonyl (C=O) groups is 2. The minimum Gasteiger partial charge on any atom is -0.469 e. The van der Waals surface area contributed by atoms with Crippen LogP contribution in [-0.4, -0.2) is 24.8 Å². The molecule has 4 saturated carbocycles. The molecule has 6 nitrogen and oxygen atoms in total. The second-order valence-corrected chi connectivity index (χ2v) is 11.8. The van der Waals surface area contributed by atoms with E-state index in [1.165, 1.54) is 64.2 Å². The zero-order valence-corrected chi connectivity index (χ0v) is 20.5. The summed E-state index contributed by atoms with van der Waals surface area (Å²) in [7, 11) is 1.48. The van der Waals surface area contributed by atoms with Gasteiger partial charge in [-0.05, 0) is 91.8 Å². The summed E-state index contributed by atoms with van der Waals surface area (Å²) in [4.78, 5) is 23.2. The Hall–Kier alpha value is -1.59. The number of methoxy groups -OCH3 is 1. The quantitative estimate of drug-likeness (QED) is 0.446. The minimum absolute atomic E-state index is 0.101. The summed E-state index contributed by atoms with van der Waals surface area (Å²) in [6, 6.07) is -0.565. The van der Waals surface area contributed by atoms with Crippen molar-refractivity contribution in [2.75, 3.05) is 7.11 Å². The van der Waals surface area contributed by atoms with Gasteiger partial charge in [-0.25, -0.2) is 10.2 Å². The first-order valence-electron chi connectivity index (χ1n) is 12.9. The summed E-state index contributed by atoms with van der Waals surface area (Å²) in [5.74, 6) is 3.39. The van der Waals surface area contributed by atoms with Crippen molar-refractivity contribution in [3.05, 3.63) is 0 Å². The van der Waals surface area contributed by atoms with Gasteiger partial charge in [0.1, 0.15) is 0 Å². The number of nitrogens with zero attached hydrogens (tertiary/aromatic N) is 1. The minimum atomic E-state index is -0.565.